The molecule has 2 rings (SSSR count). The number of likely N-dealkylation sites (tertiary alicyclic amines) is 1. The lowest BCUT2D eigenvalue weighted by molar-refractivity contribution is 0.0948. The third kappa shape index (κ3) is 2.70. The number of nitrogens with zero attached hydrogens (tertiary/aromatic N) is 2. The van der Waals surface area contributed by atoms with Gasteiger partial charge in [0.1, 0.15) is 11.6 Å². The number of hydrogen-bond acceptors (Lipinski definition) is 3. The zero-order valence-electron chi connectivity index (χ0n) is 10.3. The second-order valence-corrected chi connectivity index (χ2v) is 4.71. The first-order valence-electron chi connectivity index (χ1n) is 5.95. The van der Waals surface area contributed by atoms with E-state index in [1.807, 2.05) is 0 Å². The van der Waals surface area contributed by atoms with Gasteiger partial charge in [-0.25, -0.2) is 13.6 Å². The van der Waals surface area contributed by atoms with E-state index in [0.717, 1.165) is 23.1 Å². The molecule has 1 aliphatic heterocycles. The molecule has 5 nitrogen and oxygen atoms in total. The Morgan fingerprint density at radius 3 is 2.50 bits per heavy atom. The molecule has 1 aromatic carbocycles. The van der Waals surface area contributed by atoms with E-state index >= 15 is 0 Å². The Kier molecular flexibility index (Phi) is 3.86. The monoisotopic (exact) mass is 282 g/mol. The number of carboxylic acid groups (broad SMARTS) is 1. The van der Waals surface area contributed by atoms with Gasteiger partial charge in [-0.2, -0.15) is 5.26 Å². The van der Waals surface area contributed by atoms with Crippen molar-refractivity contribution in [1.29, 1.82) is 5.26 Å². The van der Waals surface area contributed by atoms with Crippen molar-refractivity contribution < 1.29 is 23.8 Å². The molecule has 1 saturated heterocycles. The highest BCUT2D eigenvalue weighted by Gasteiger charge is 2.40. The lowest BCUT2D eigenvalue weighted by atomic mass is 9.95. The summed E-state index contributed by atoms with van der Waals surface area (Å²) in [5.74, 6) is -1.94. The maximum Gasteiger partial charge on any atom is 0.407 e. The molecule has 3 atom stereocenters. The topological polar surface area (TPSA) is 84.6 Å². The number of halogens is 2. The molecule has 1 heterocycles. The summed E-state index contributed by atoms with van der Waals surface area (Å²) in [7, 11) is 0. The predicted octanol–water partition coefficient (Wildman–Crippen LogP) is 1.69. The average molecular weight is 282 g/mol. The zero-order valence-corrected chi connectivity index (χ0v) is 10.3. The maximum absolute atomic E-state index is 13.2. The Morgan fingerprint density at radius 2 is 2.00 bits per heavy atom. The Balaban J connectivity index is 2.27. The smallest absolute Gasteiger partial charge is 0.407 e. The van der Waals surface area contributed by atoms with Gasteiger partial charge in [0.2, 0.25) is 0 Å². The van der Waals surface area contributed by atoms with E-state index in [9.17, 15) is 18.7 Å². The van der Waals surface area contributed by atoms with Gasteiger partial charge in [-0.3, -0.25) is 0 Å². The Bertz CT molecular complexity index is 553. The fraction of sp³-hybridized carbons (Fsp3) is 0.385. The molecule has 20 heavy (non-hydrogen) atoms. The van der Waals surface area contributed by atoms with Crippen molar-refractivity contribution in [3.8, 4) is 6.07 Å². The molecule has 0 radical (unpaired) electrons. The summed E-state index contributed by atoms with van der Waals surface area (Å²) < 4.78 is 26.4. The van der Waals surface area contributed by atoms with Crippen LogP contribution in [0.15, 0.2) is 18.2 Å². The highest BCUT2D eigenvalue weighted by atomic mass is 19.1. The van der Waals surface area contributed by atoms with Crippen molar-refractivity contribution in [2.45, 2.75) is 24.5 Å². The highest BCUT2D eigenvalue weighted by molar-refractivity contribution is 5.66. The van der Waals surface area contributed by atoms with E-state index in [1.165, 1.54) is 0 Å². The van der Waals surface area contributed by atoms with Crippen LogP contribution in [0.1, 0.15) is 17.9 Å². The van der Waals surface area contributed by atoms with Gasteiger partial charge in [0.05, 0.1) is 12.1 Å². The molecule has 106 valence electrons. The number of hydrogen-bond donors (Lipinski definition) is 2. The van der Waals surface area contributed by atoms with Crippen LogP contribution in [0, 0.1) is 23.0 Å². The van der Waals surface area contributed by atoms with Gasteiger partial charge in [-0.15, -0.1) is 0 Å². The summed E-state index contributed by atoms with van der Waals surface area (Å²) in [6.45, 7) is -0.0123. The van der Waals surface area contributed by atoms with Crippen molar-refractivity contribution in [3.05, 3.63) is 35.4 Å². The van der Waals surface area contributed by atoms with Gasteiger partial charge in [0.25, 0.3) is 0 Å². The molecule has 1 aromatic rings. The SMILES string of the molecule is N#CC(O)C1CC(c2cc(F)cc(F)c2)CN1C(=O)O. The third-order valence-electron chi connectivity index (χ3n) is 3.44. The summed E-state index contributed by atoms with van der Waals surface area (Å²) in [6, 6.07) is 3.69. The van der Waals surface area contributed by atoms with Crippen LogP contribution in [-0.4, -0.2) is 39.9 Å². The number of nitriles is 1. The highest BCUT2D eigenvalue weighted by Crippen LogP contribution is 2.33. The minimum Gasteiger partial charge on any atom is -0.465 e. The molecule has 0 aromatic heterocycles. The first-order chi connectivity index (χ1) is 9.42. The predicted molar refractivity (Wildman–Crippen MR) is 63.9 cm³/mol. The van der Waals surface area contributed by atoms with Crippen LogP contribution in [0.3, 0.4) is 0 Å². The number of aliphatic hydroxyl groups excluding tert-OH is 1. The number of carbonyl (C=O) groups is 1. The van der Waals surface area contributed by atoms with E-state index in [1.54, 1.807) is 6.07 Å². The molecule has 7 heteroatoms. The average Bonchev–Trinajstić information content (AvgIpc) is 2.81. The Hall–Kier alpha value is -2.20. The summed E-state index contributed by atoms with van der Waals surface area (Å²) in [6.07, 6.45) is -2.60. The van der Waals surface area contributed by atoms with E-state index in [0.29, 0.717) is 5.56 Å². The molecule has 0 bridgehead atoms. The van der Waals surface area contributed by atoms with E-state index in [4.69, 9.17) is 10.4 Å². The lowest BCUT2D eigenvalue weighted by Crippen LogP contribution is -2.41. The first kappa shape index (κ1) is 14.2. The summed E-state index contributed by atoms with van der Waals surface area (Å²) in [5, 5.41) is 27.3. The van der Waals surface area contributed by atoms with Crippen LogP contribution in [-0.2, 0) is 0 Å². The van der Waals surface area contributed by atoms with Gasteiger partial charge >= 0.3 is 6.09 Å². The van der Waals surface area contributed by atoms with Crippen LogP contribution in [0.2, 0.25) is 0 Å². The van der Waals surface area contributed by atoms with E-state index < -0.39 is 35.8 Å². The van der Waals surface area contributed by atoms with Crippen molar-refractivity contribution in [3.63, 3.8) is 0 Å². The van der Waals surface area contributed by atoms with E-state index in [-0.39, 0.29) is 13.0 Å². The molecule has 1 amide bonds. The second kappa shape index (κ2) is 5.43. The molecule has 2 N–H and O–H groups in total. The molecule has 1 aliphatic rings. The molecule has 0 aliphatic carbocycles. The third-order valence-corrected chi connectivity index (χ3v) is 3.44. The Labute approximate surface area is 113 Å². The van der Waals surface area contributed by atoms with Crippen LogP contribution in [0.5, 0.6) is 0 Å². The summed E-state index contributed by atoms with van der Waals surface area (Å²) in [4.78, 5) is 12.0. The summed E-state index contributed by atoms with van der Waals surface area (Å²) >= 11 is 0. The van der Waals surface area contributed by atoms with Crippen molar-refractivity contribution in [1.82, 2.24) is 4.90 Å². The normalized spacial score (nSPS) is 23.4. The van der Waals surface area contributed by atoms with Crippen molar-refractivity contribution >= 4 is 6.09 Å². The molecule has 0 spiro atoms. The Morgan fingerprint density at radius 1 is 1.40 bits per heavy atom. The number of amides is 1. The molecule has 1 fully saturated rings. The molecular weight excluding hydrogens is 270 g/mol. The second-order valence-electron chi connectivity index (χ2n) is 4.71. The minimum absolute atomic E-state index is 0.0123. The van der Waals surface area contributed by atoms with Gasteiger partial charge < -0.3 is 15.1 Å². The molecule has 3 unspecified atom stereocenters. The standard InChI is InChI=1S/C13H12F2N2O3/c14-9-1-7(2-10(15)4-9)8-3-11(12(18)5-16)17(6-8)13(19)20/h1-2,4,8,11-12,18H,3,6H2,(H,19,20). The number of aliphatic hydroxyl groups is 1. The minimum atomic E-state index is -1.46. The van der Waals surface area contributed by atoms with Gasteiger partial charge in [0.15, 0.2) is 6.10 Å². The zero-order chi connectivity index (χ0) is 14.9. The number of rotatable bonds is 2. The first-order valence-corrected chi connectivity index (χ1v) is 5.95. The van der Waals surface area contributed by atoms with Crippen molar-refractivity contribution in [2.75, 3.05) is 6.54 Å². The fourth-order valence-corrected chi connectivity index (χ4v) is 2.52. The van der Waals surface area contributed by atoms with Gasteiger partial charge in [-0.1, -0.05) is 0 Å². The van der Waals surface area contributed by atoms with Gasteiger partial charge in [0, 0.05) is 18.5 Å². The largest absolute Gasteiger partial charge is 0.465 e. The quantitative estimate of drug-likeness (QED) is 0.808. The lowest BCUT2D eigenvalue weighted by Gasteiger charge is -2.21. The van der Waals surface area contributed by atoms with E-state index in [2.05, 4.69) is 0 Å². The molecular formula is C13H12F2N2O3. The maximum atomic E-state index is 13.2. The summed E-state index contributed by atoms with van der Waals surface area (Å²) in [5.41, 5.74) is 0.321. The number of benzene rings is 1. The van der Waals surface area contributed by atoms with Crippen LogP contribution >= 0.6 is 0 Å². The van der Waals surface area contributed by atoms with Gasteiger partial charge in [-0.05, 0) is 24.1 Å². The van der Waals surface area contributed by atoms with Crippen LogP contribution in [0.25, 0.3) is 0 Å². The van der Waals surface area contributed by atoms with Crippen molar-refractivity contribution in [2.24, 2.45) is 0 Å². The fourth-order valence-electron chi connectivity index (χ4n) is 2.52. The van der Waals surface area contributed by atoms with Crippen LogP contribution < -0.4 is 0 Å². The van der Waals surface area contributed by atoms with Crippen LogP contribution in [0.4, 0.5) is 13.6 Å². The molecule has 0 saturated carbocycles.